The van der Waals surface area contributed by atoms with Crippen molar-refractivity contribution in [3.05, 3.63) is 59.6 Å². The zero-order valence-electron chi connectivity index (χ0n) is 15.6. The van der Waals surface area contributed by atoms with Gasteiger partial charge in [-0.3, -0.25) is 9.69 Å². The Kier molecular flexibility index (Phi) is 5.45. The van der Waals surface area contributed by atoms with Gasteiger partial charge >= 0.3 is 0 Å². The van der Waals surface area contributed by atoms with Crippen molar-refractivity contribution in [3.63, 3.8) is 0 Å². The molecule has 4 aromatic rings. The van der Waals surface area contributed by atoms with Gasteiger partial charge in [-0.25, -0.2) is 9.37 Å². The number of hydrogen-bond acceptors (Lipinski definition) is 7. The molecule has 1 aromatic carbocycles. The summed E-state index contributed by atoms with van der Waals surface area (Å²) in [5.74, 6) is 1.03. The topological polar surface area (TPSA) is 77.1 Å². The number of thioether (sulfide) groups is 1. The predicted octanol–water partition coefficient (Wildman–Crippen LogP) is 4.65. The third-order valence-corrected chi connectivity index (χ3v) is 5.99. The Balaban J connectivity index is 1.51. The van der Waals surface area contributed by atoms with Crippen molar-refractivity contribution < 1.29 is 13.6 Å². The molecular weight excluding hydrogens is 413 g/mol. The number of carbonyl (C=O) groups excluding carboxylic acids is 1. The Bertz CT molecular complexity index is 1140. The number of amides is 1. The van der Waals surface area contributed by atoms with Gasteiger partial charge in [0.05, 0.1) is 17.6 Å². The van der Waals surface area contributed by atoms with Crippen LogP contribution < -0.4 is 4.90 Å². The number of halogens is 1. The molecule has 0 N–H and O–H groups in total. The number of carbonyl (C=O) groups is 1. The van der Waals surface area contributed by atoms with Crippen molar-refractivity contribution in [3.8, 4) is 11.6 Å². The van der Waals surface area contributed by atoms with Gasteiger partial charge in [-0.15, -0.1) is 21.5 Å². The maximum absolute atomic E-state index is 14.2. The van der Waals surface area contributed by atoms with Crippen LogP contribution in [0.1, 0.15) is 12.6 Å². The summed E-state index contributed by atoms with van der Waals surface area (Å²) in [5, 5.41) is 11.3. The highest BCUT2D eigenvalue weighted by molar-refractivity contribution is 7.98. The van der Waals surface area contributed by atoms with Crippen molar-refractivity contribution in [2.75, 3.05) is 4.90 Å². The van der Waals surface area contributed by atoms with Gasteiger partial charge in [0.25, 0.3) is 0 Å². The number of nitrogens with zero attached hydrogens (tertiary/aromatic N) is 5. The van der Waals surface area contributed by atoms with Crippen molar-refractivity contribution >= 4 is 39.8 Å². The Hall–Kier alpha value is -2.98. The molecule has 10 heteroatoms. The van der Waals surface area contributed by atoms with Crippen LogP contribution in [0, 0.1) is 5.82 Å². The summed E-state index contributed by atoms with van der Waals surface area (Å²) in [6.45, 7) is 1.39. The number of benzene rings is 1. The molecule has 148 valence electrons. The van der Waals surface area contributed by atoms with Crippen LogP contribution in [0.25, 0.3) is 11.6 Å². The van der Waals surface area contributed by atoms with Gasteiger partial charge in [0, 0.05) is 25.1 Å². The maximum atomic E-state index is 14.2. The lowest BCUT2D eigenvalue weighted by molar-refractivity contribution is -0.115. The molecular formula is C19H16FN5O2S2. The summed E-state index contributed by atoms with van der Waals surface area (Å²) in [6, 6.07) is 9.76. The summed E-state index contributed by atoms with van der Waals surface area (Å²) in [6.07, 6.45) is 1.59. The normalized spacial score (nSPS) is 11.0. The highest BCUT2D eigenvalue weighted by Gasteiger charge is 2.21. The lowest BCUT2D eigenvalue weighted by Crippen LogP contribution is -2.23. The van der Waals surface area contributed by atoms with Crippen LogP contribution in [0.4, 0.5) is 15.2 Å². The lowest BCUT2D eigenvalue weighted by Gasteiger charge is -2.18. The standard InChI is InChI=1S/C19H16FN5O2S2/c1-12(26)25(15-7-4-3-6-14(15)20)18-21-13(10-28-18)11-29-19-23-22-17(24(19)2)16-8-5-9-27-16/h3-10H,11H2,1-2H3. The van der Waals surface area contributed by atoms with E-state index in [1.807, 2.05) is 23.1 Å². The fraction of sp³-hybridized carbons (Fsp3) is 0.158. The van der Waals surface area contributed by atoms with E-state index in [0.29, 0.717) is 27.6 Å². The van der Waals surface area contributed by atoms with Gasteiger partial charge in [-0.05, 0) is 24.3 Å². The first-order valence-corrected chi connectivity index (χ1v) is 10.5. The number of aromatic nitrogens is 4. The third-order valence-electron chi connectivity index (χ3n) is 4.06. The summed E-state index contributed by atoms with van der Waals surface area (Å²) >= 11 is 2.75. The molecule has 0 aliphatic heterocycles. The van der Waals surface area contributed by atoms with E-state index in [0.717, 1.165) is 5.69 Å². The molecule has 4 rings (SSSR count). The number of anilines is 2. The molecule has 3 aromatic heterocycles. The largest absolute Gasteiger partial charge is 0.461 e. The second kappa shape index (κ2) is 8.18. The number of thiazole rings is 1. The molecule has 0 saturated carbocycles. The second-order valence-electron chi connectivity index (χ2n) is 6.06. The molecule has 0 spiro atoms. The highest BCUT2D eigenvalue weighted by atomic mass is 32.2. The fourth-order valence-electron chi connectivity index (χ4n) is 2.71. The molecule has 0 aliphatic carbocycles. The average Bonchev–Trinajstić information content (AvgIpc) is 3.43. The first-order chi connectivity index (χ1) is 14.0. The van der Waals surface area contributed by atoms with Crippen molar-refractivity contribution in [1.29, 1.82) is 0 Å². The van der Waals surface area contributed by atoms with Crippen LogP contribution in [0.2, 0.25) is 0 Å². The predicted molar refractivity (Wildman–Crippen MR) is 110 cm³/mol. The maximum Gasteiger partial charge on any atom is 0.230 e. The van der Waals surface area contributed by atoms with Crippen LogP contribution in [-0.2, 0) is 17.6 Å². The molecule has 0 aliphatic rings. The van der Waals surface area contributed by atoms with Gasteiger partial charge in [0.1, 0.15) is 5.82 Å². The molecule has 0 atom stereocenters. The minimum absolute atomic E-state index is 0.185. The molecule has 0 fully saturated rings. The molecule has 0 radical (unpaired) electrons. The van der Waals surface area contributed by atoms with Crippen LogP contribution >= 0.6 is 23.1 Å². The highest BCUT2D eigenvalue weighted by Crippen LogP contribution is 2.32. The number of hydrogen-bond donors (Lipinski definition) is 0. The van der Waals surface area contributed by atoms with E-state index < -0.39 is 5.82 Å². The van der Waals surface area contributed by atoms with Crippen LogP contribution in [0.5, 0.6) is 0 Å². The Morgan fingerprint density at radius 3 is 2.83 bits per heavy atom. The summed E-state index contributed by atoms with van der Waals surface area (Å²) in [4.78, 5) is 17.9. The van der Waals surface area contributed by atoms with E-state index in [9.17, 15) is 9.18 Å². The minimum atomic E-state index is -0.474. The first kappa shape index (κ1) is 19.3. The van der Waals surface area contributed by atoms with Crippen LogP contribution in [0.3, 0.4) is 0 Å². The number of rotatable bonds is 6. The zero-order valence-corrected chi connectivity index (χ0v) is 17.2. The molecule has 29 heavy (non-hydrogen) atoms. The SMILES string of the molecule is CC(=O)N(c1nc(CSc2nnc(-c3ccco3)n2C)cs1)c1ccccc1F. The van der Waals surface area contributed by atoms with Crippen LogP contribution in [-0.4, -0.2) is 25.7 Å². The van der Waals surface area contributed by atoms with E-state index >= 15 is 0 Å². The molecule has 0 unspecified atom stereocenters. The zero-order chi connectivity index (χ0) is 20.4. The molecule has 0 saturated heterocycles. The van der Waals surface area contributed by atoms with E-state index in [1.165, 1.54) is 41.0 Å². The first-order valence-electron chi connectivity index (χ1n) is 8.60. The Morgan fingerprint density at radius 1 is 1.28 bits per heavy atom. The fourth-order valence-corrected chi connectivity index (χ4v) is 4.49. The minimum Gasteiger partial charge on any atom is -0.461 e. The van der Waals surface area contributed by atoms with Crippen molar-refractivity contribution in [2.24, 2.45) is 7.05 Å². The number of para-hydroxylation sites is 1. The number of furan rings is 1. The smallest absolute Gasteiger partial charge is 0.230 e. The molecule has 1 amide bonds. The van der Waals surface area contributed by atoms with Gasteiger partial charge in [-0.1, -0.05) is 23.9 Å². The molecule has 0 bridgehead atoms. The van der Waals surface area contributed by atoms with Crippen molar-refractivity contribution in [2.45, 2.75) is 17.8 Å². The quantitative estimate of drug-likeness (QED) is 0.415. The monoisotopic (exact) mass is 429 g/mol. The molecule has 7 nitrogen and oxygen atoms in total. The summed E-state index contributed by atoms with van der Waals surface area (Å²) in [5.41, 5.74) is 0.949. The van der Waals surface area contributed by atoms with E-state index in [-0.39, 0.29) is 11.6 Å². The van der Waals surface area contributed by atoms with E-state index in [4.69, 9.17) is 4.42 Å². The third kappa shape index (κ3) is 3.94. The van der Waals surface area contributed by atoms with Gasteiger partial charge < -0.3 is 8.98 Å². The second-order valence-corrected chi connectivity index (χ2v) is 7.84. The van der Waals surface area contributed by atoms with Gasteiger partial charge in [-0.2, -0.15) is 0 Å². The lowest BCUT2D eigenvalue weighted by atomic mass is 10.3. The molecule has 3 heterocycles. The van der Waals surface area contributed by atoms with Crippen molar-refractivity contribution in [1.82, 2.24) is 19.7 Å². The Morgan fingerprint density at radius 2 is 2.10 bits per heavy atom. The summed E-state index contributed by atoms with van der Waals surface area (Å²) < 4.78 is 21.4. The van der Waals surface area contributed by atoms with Crippen LogP contribution in [0.15, 0.2) is 57.6 Å². The van der Waals surface area contributed by atoms with E-state index in [2.05, 4.69) is 15.2 Å². The summed E-state index contributed by atoms with van der Waals surface area (Å²) in [7, 11) is 1.86. The Labute approximate surface area is 174 Å². The average molecular weight is 430 g/mol. The van der Waals surface area contributed by atoms with Gasteiger partial charge in [0.15, 0.2) is 21.9 Å². The van der Waals surface area contributed by atoms with Gasteiger partial charge in [0.2, 0.25) is 5.91 Å². The van der Waals surface area contributed by atoms with E-state index in [1.54, 1.807) is 30.5 Å².